The average Bonchev–Trinajstić information content (AvgIpc) is 3.04. The van der Waals surface area contributed by atoms with Crippen molar-refractivity contribution in [2.45, 2.75) is 32.9 Å². The number of hydrogen-bond donors (Lipinski definition) is 1. The topological polar surface area (TPSA) is 61.4 Å². The molecule has 1 aliphatic rings. The van der Waals surface area contributed by atoms with Gasteiger partial charge in [0.05, 0.1) is 0 Å². The third-order valence-corrected chi connectivity index (χ3v) is 4.63. The summed E-state index contributed by atoms with van der Waals surface area (Å²) in [4.78, 5) is 24.4. The van der Waals surface area contributed by atoms with Crippen LogP contribution < -0.4 is 10.2 Å². The number of anilines is 2. The second-order valence-electron chi connectivity index (χ2n) is 6.68. The predicted octanol–water partition coefficient (Wildman–Crippen LogP) is 2.45. The number of nitrogens with one attached hydrogen (secondary N) is 1. The molecule has 0 aliphatic carbocycles. The molecule has 1 saturated heterocycles. The summed E-state index contributed by atoms with van der Waals surface area (Å²) < 4.78 is 0. The molecule has 1 amide bonds. The Morgan fingerprint density at radius 3 is 2.76 bits per heavy atom. The number of nitrogens with zero attached hydrogens (tertiary/aromatic N) is 4. The smallest absolute Gasteiger partial charge is 0.221 e. The molecule has 2 heterocycles. The van der Waals surface area contributed by atoms with Crippen molar-refractivity contribution in [3.05, 3.63) is 47.9 Å². The second-order valence-corrected chi connectivity index (χ2v) is 6.68. The summed E-state index contributed by atoms with van der Waals surface area (Å²) in [5.41, 5.74) is 3.09. The molecule has 3 rings (SSSR count). The molecule has 0 radical (unpaired) electrons. The Morgan fingerprint density at radius 1 is 1.32 bits per heavy atom. The zero-order valence-corrected chi connectivity index (χ0v) is 15.1. The van der Waals surface area contributed by atoms with Gasteiger partial charge in [0.2, 0.25) is 5.91 Å². The van der Waals surface area contributed by atoms with Gasteiger partial charge in [0.25, 0.3) is 0 Å². The zero-order chi connectivity index (χ0) is 17.8. The minimum atomic E-state index is -0.0434. The van der Waals surface area contributed by atoms with Crippen LogP contribution in [0.2, 0.25) is 0 Å². The summed E-state index contributed by atoms with van der Waals surface area (Å²) in [6.07, 6.45) is 2.76. The number of rotatable bonds is 5. The standard InChI is InChI=1S/C19H25N5O/c1-14-10-19(21-13-20-14)23(3)18-8-9-24(12-18)11-16-4-6-17(7-5-16)22-15(2)25/h4-7,10,13,18H,8-9,11-12H2,1-3H3,(H,22,25). The largest absolute Gasteiger partial charge is 0.355 e. The van der Waals surface area contributed by atoms with E-state index in [1.54, 1.807) is 6.33 Å². The number of carbonyl (C=O) groups excluding carboxylic acids is 1. The second kappa shape index (κ2) is 7.61. The summed E-state index contributed by atoms with van der Waals surface area (Å²) in [7, 11) is 2.11. The fourth-order valence-corrected chi connectivity index (χ4v) is 3.25. The summed E-state index contributed by atoms with van der Waals surface area (Å²) in [5.74, 6) is 0.942. The SMILES string of the molecule is CC(=O)Nc1ccc(CN2CCC(N(C)c3cc(C)ncn3)C2)cc1. The van der Waals surface area contributed by atoms with E-state index in [1.165, 1.54) is 12.5 Å². The molecule has 6 nitrogen and oxygen atoms in total. The van der Waals surface area contributed by atoms with Crippen molar-refractivity contribution >= 4 is 17.4 Å². The van der Waals surface area contributed by atoms with Crippen LogP contribution in [0.1, 0.15) is 24.6 Å². The molecule has 1 atom stereocenters. The Hall–Kier alpha value is -2.47. The molecule has 0 saturated carbocycles. The fourth-order valence-electron chi connectivity index (χ4n) is 3.25. The summed E-state index contributed by atoms with van der Waals surface area (Å²) in [6, 6.07) is 10.6. The van der Waals surface area contributed by atoms with Crippen LogP contribution in [-0.2, 0) is 11.3 Å². The highest BCUT2D eigenvalue weighted by molar-refractivity contribution is 5.88. The maximum atomic E-state index is 11.1. The molecule has 1 fully saturated rings. The Kier molecular flexibility index (Phi) is 5.28. The highest BCUT2D eigenvalue weighted by Crippen LogP contribution is 2.22. The number of likely N-dealkylation sites (tertiary alicyclic amines) is 1. The first-order valence-electron chi connectivity index (χ1n) is 8.61. The van der Waals surface area contributed by atoms with Crippen LogP contribution in [0.15, 0.2) is 36.7 Å². The number of likely N-dealkylation sites (N-methyl/N-ethyl adjacent to an activating group) is 1. The molecule has 0 spiro atoms. The van der Waals surface area contributed by atoms with E-state index in [4.69, 9.17) is 0 Å². The lowest BCUT2D eigenvalue weighted by Crippen LogP contribution is -2.35. The zero-order valence-electron chi connectivity index (χ0n) is 15.1. The summed E-state index contributed by atoms with van der Waals surface area (Å²) in [5, 5.41) is 2.80. The van der Waals surface area contributed by atoms with E-state index < -0.39 is 0 Å². The van der Waals surface area contributed by atoms with Gasteiger partial charge in [0, 0.05) is 57.1 Å². The van der Waals surface area contributed by atoms with Gasteiger partial charge in [-0.25, -0.2) is 9.97 Å². The van der Waals surface area contributed by atoms with E-state index in [2.05, 4.69) is 44.3 Å². The predicted molar refractivity (Wildman–Crippen MR) is 99.6 cm³/mol. The molecular formula is C19H25N5O. The Morgan fingerprint density at radius 2 is 2.08 bits per heavy atom. The van der Waals surface area contributed by atoms with Gasteiger partial charge in [-0.2, -0.15) is 0 Å². The molecule has 1 unspecified atom stereocenters. The van der Waals surface area contributed by atoms with Crippen LogP contribution in [-0.4, -0.2) is 47.0 Å². The monoisotopic (exact) mass is 339 g/mol. The first kappa shape index (κ1) is 17.4. The fraction of sp³-hybridized carbons (Fsp3) is 0.421. The van der Waals surface area contributed by atoms with Crippen LogP contribution in [0.25, 0.3) is 0 Å². The third kappa shape index (κ3) is 4.54. The first-order valence-corrected chi connectivity index (χ1v) is 8.61. The number of amides is 1. The molecule has 25 heavy (non-hydrogen) atoms. The summed E-state index contributed by atoms with van der Waals surface area (Å²) in [6.45, 7) is 6.53. The maximum absolute atomic E-state index is 11.1. The van der Waals surface area contributed by atoms with Gasteiger partial charge < -0.3 is 10.2 Å². The van der Waals surface area contributed by atoms with E-state index >= 15 is 0 Å². The molecule has 1 aromatic heterocycles. The maximum Gasteiger partial charge on any atom is 0.221 e. The molecule has 1 aliphatic heterocycles. The van der Waals surface area contributed by atoms with Crippen molar-refractivity contribution in [2.24, 2.45) is 0 Å². The van der Waals surface area contributed by atoms with E-state index in [0.717, 1.165) is 43.3 Å². The molecule has 1 N–H and O–H groups in total. The first-order chi connectivity index (χ1) is 12.0. The van der Waals surface area contributed by atoms with Crippen molar-refractivity contribution in [2.75, 3.05) is 30.4 Å². The van der Waals surface area contributed by atoms with Crippen molar-refractivity contribution in [3.8, 4) is 0 Å². The Bertz CT molecular complexity index is 731. The van der Waals surface area contributed by atoms with Gasteiger partial charge in [-0.3, -0.25) is 9.69 Å². The number of aryl methyl sites for hydroxylation is 1. The molecule has 0 bridgehead atoms. The molecule has 2 aromatic rings. The lowest BCUT2D eigenvalue weighted by atomic mass is 10.2. The van der Waals surface area contributed by atoms with Gasteiger partial charge in [-0.15, -0.1) is 0 Å². The molecule has 1 aromatic carbocycles. The van der Waals surface area contributed by atoms with Crippen LogP contribution >= 0.6 is 0 Å². The van der Waals surface area contributed by atoms with E-state index in [1.807, 2.05) is 25.1 Å². The highest BCUT2D eigenvalue weighted by Gasteiger charge is 2.26. The molecule has 132 valence electrons. The third-order valence-electron chi connectivity index (χ3n) is 4.63. The Balaban J connectivity index is 1.56. The van der Waals surface area contributed by atoms with Crippen LogP contribution in [0.3, 0.4) is 0 Å². The van der Waals surface area contributed by atoms with Gasteiger partial charge in [0.15, 0.2) is 0 Å². The lowest BCUT2D eigenvalue weighted by molar-refractivity contribution is -0.114. The number of hydrogen-bond acceptors (Lipinski definition) is 5. The van der Waals surface area contributed by atoms with E-state index in [0.29, 0.717) is 6.04 Å². The quantitative estimate of drug-likeness (QED) is 0.907. The Labute approximate surface area is 148 Å². The van der Waals surface area contributed by atoms with Crippen molar-refractivity contribution in [1.29, 1.82) is 0 Å². The van der Waals surface area contributed by atoms with Crippen LogP contribution in [0, 0.1) is 6.92 Å². The van der Waals surface area contributed by atoms with E-state index in [9.17, 15) is 4.79 Å². The van der Waals surface area contributed by atoms with Crippen LogP contribution in [0.5, 0.6) is 0 Å². The van der Waals surface area contributed by atoms with E-state index in [-0.39, 0.29) is 5.91 Å². The summed E-state index contributed by atoms with van der Waals surface area (Å²) >= 11 is 0. The minimum Gasteiger partial charge on any atom is -0.355 e. The van der Waals surface area contributed by atoms with Gasteiger partial charge >= 0.3 is 0 Å². The van der Waals surface area contributed by atoms with Crippen molar-refractivity contribution in [3.63, 3.8) is 0 Å². The molecular weight excluding hydrogens is 314 g/mol. The van der Waals surface area contributed by atoms with Gasteiger partial charge in [-0.1, -0.05) is 12.1 Å². The number of aromatic nitrogens is 2. The lowest BCUT2D eigenvalue weighted by Gasteiger charge is -2.26. The number of carbonyl (C=O) groups is 1. The normalized spacial score (nSPS) is 17.5. The van der Waals surface area contributed by atoms with Crippen molar-refractivity contribution < 1.29 is 4.79 Å². The minimum absolute atomic E-state index is 0.0434. The van der Waals surface area contributed by atoms with Gasteiger partial charge in [0.1, 0.15) is 12.1 Å². The van der Waals surface area contributed by atoms with Gasteiger partial charge in [-0.05, 0) is 31.0 Å². The molecule has 6 heteroatoms. The average molecular weight is 339 g/mol. The van der Waals surface area contributed by atoms with Crippen LogP contribution in [0.4, 0.5) is 11.5 Å². The highest BCUT2D eigenvalue weighted by atomic mass is 16.1. The number of benzene rings is 1. The van der Waals surface area contributed by atoms with Crippen molar-refractivity contribution in [1.82, 2.24) is 14.9 Å².